The van der Waals surface area contributed by atoms with Crippen LogP contribution < -0.4 is 10.9 Å². The molecule has 0 aromatic heterocycles. The molecule has 0 aliphatic carbocycles. The molecule has 30 heavy (non-hydrogen) atoms. The SMILES string of the molecule is BCc1c(B)c(CB)c(C(=O)OCCS(=O)(=O)O)c(C(=O)OCC2(C)CCO2)c1B. The first-order valence-corrected chi connectivity index (χ1v) is 11.6. The quantitative estimate of drug-likeness (QED) is 0.237. The highest BCUT2D eigenvalue weighted by Gasteiger charge is 2.36. The summed E-state index contributed by atoms with van der Waals surface area (Å²) >= 11 is 0. The average Bonchev–Trinajstić information content (AvgIpc) is 2.63. The Morgan fingerprint density at radius 3 is 2.10 bits per heavy atom. The second kappa shape index (κ2) is 9.62. The van der Waals surface area contributed by atoms with Gasteiger partial charge in [0.25, 0.3) is 10.1 Å². The fourth-order valence-corrected chi connectivity index (χ4v) is 4.05. The van der Waals surface area contributed by atoms with Crippen LogP contribution in [0.4, 0.5) is 0 Å². The lowest BCUT2D eigenvalue weighted by molar-refractivity contribution is -0.158. The molecular weight excluding hydrogens is 407 g/mol. The summed E-state index contributed by atoms with van der Waals surface area (Å²) in [5.41, 5.74) is 2.85. The largest absolute Gasteiger partial charge is 0.461 e. The Bertz CT molecular complexity index is 944. The minimum atomic E-state index is -4.28. The third kappa shape index (κ3) is 5.50. The van der Waals surface area contributed by atoms with Crippen LogP contribution in [-0.4, -0.2) is 87.5 Å². The Kier molecular flexibility index (Phi) is 7.87. The van der Waals surface area contributed by atoms with Crippen molar-refractivity contribution in [3.05, 3.63) is 22.3 Å². The number of hydrogen-bond acceptors (Lipinski definition) is 7. The number of esters is 2. The van der Waals surface area contributed by atoms with Crippen molar-refractivity contribution in [2.75, 3.05) is 25.6 Å². The molecule has 0 bridgehead atoms. The van der Waals surface area contributed by atoms with Crippen molar-refractivity contribution < 1.29 is 36.8 Å². The summed E-state index contributed by atoms with van der Waals surface area (Å²) < 4.78 is 46.8. The van der Waals surface area contributed by atoms with Crippen LogP contribution >= 0.6 is 0 Å². The Morgan fingerprint density at radius 2 is 1.63 bits per heavy atom. The van der Waals surface area contributed by atoms with E-state index in [0.29, 0.717) is 30.3 Å². The van der Waals surface area contributed by atoms with Crippen LogP contribution in [-0.2, 0) is 37.0 Å². The summed E-state index contributed by atoms with van der Waals surface area (Å²) in [4.78, 5) is 25.9. The van der Waals surface area contributed by atoms with E-state index in [0.717, 1.165) is 17.4 Å². The molecule has 8 nitrogen and oxygen atoms in total. The fraction of sp³-hybridized carbons (Fsp3) is 0.529. The van der Waals surface area contributed by atoms with Crippen LogP contribution in [0.5, 0.6) is 0 Å². The first kappa shape index (κ1) is 24.6. The van der Waals surface area contributed by atoms with Crippen LogP contribution in [0, 0.1) is 0 Å². The van der Waals surface area contributed by atoms with Crippen molar-refractivity contribution in [3.8, 4) is 0 Å². The summed E-state index contributed by atoms with van der Waals surface area (Å²) in [6.07, 6.45) is 1.92. The molecule has 1 aliphatic heterocycles. The lowest BCUT2D eigenvalue weighted by Gasteiger charge is -2.37. The van der Waals surface area contributed by atoms with Crippen molar-refractivity contribution in [1.29, 1.82) is 0 Å². The summed E-state index contributed by atoms with van der Waals surface area (Å²) in [6, 6.07) is 0. The standard InChI is InChI=1S/C17H26B4O8S/c1-17(2-3-29-17)8-28-16(23)12-11(15(22)27-4-5-30(24,25)26)9(6-18)13(20)10(7-19)14(12)21/h2-8,18-21H2,1H3,(H,24,25,26). The monoisotopic (exact) mass is 434 g/mol. The van der Waals surface area contributed by atoms with Crippen molar-refractivity contribution in [1.82, 2.24) is 0 Å². The van der Waals surface area contributed by atoms with E-state index in [1.54, 1.807) is 7.85 Å². The molecule has 160 valence electrons. The topological polar surface area (TPSA) is 116 Å². The first-order chi connectivity index (χ1) is 13.9. The maximum absolute atomic E-state index is 13.0. The summed E-state index contributed by atoms with van der Waals surface area (Å²) in [5.74, 6) is -2.18. The molecule has 0 amide bonds. The van der Waals surface area contributed by atoms with Crippen molar-refractivity contribution in [3.63, 3.8) is 0 Å². The Morgan fingerprint density at radius 1 is 1.07 bits per heavy atom. The van der Waals surface area contributed by atoms with Gasteiger partial charge in [-0.15, -0.1) is 0 Å². The maximum Gasteiger partial charge on any atom is 0.339 e. The van der Waals surface area contributed by atoms with Gasteiger partial charge in [0.15, 0.2) is 0 Å². The van der Waals surface area contributed by atoms with Gasteiger partial charge in [-0.05, 0) is 12.5 Å². The van der Waals surface area contributed by atoms with Gasteiger partial charge in [-0.3, -0.25) is 4.55 Å². The van der Waals surface area contributed by atoms with E-state index in [1.807, 2.05) is 30.5 Å². The smallest absolute Gasteiger partial charge is 0.339 e. The number of hydrogen-bond donors (Lipinski definition) is 1. The van der Waals surface area contributed by atoms with E-state index in [9.17, 15) is 18.0 Å². The van der Waals surface area contributed by atoms with Crippen LogP contribution in [0.25, 0.3) is 0 Å². The van der Waals surface area contributed by atoms with Crippen LogP contribution in [0.15, 0.2) is 0 Å². The fourth-order valence-electron chi connectivity index (χ4n) is 3.76. The summed E-state index contributed by atoms with van der Waals surface area (Å²) in [6.45, 7) is 2.02. The van der Waals surface area contributed by atoms with Gasteiger partial charge in [0.2, 0.25) is 0 Å². The molecule has 1 N–H and O–H groups in total. The number of benzene rings is 1. The van der Waals surface area contributed by atoms with Gasteiger partial charge in [-0.1, -0.05) is 29.1 Å². The molecule has 1 aliphatic rings. The summed E-state index contributed by atoms with van der Waals surface area (Å²) in [5, 5.41) is 0. The highest BCUT2D eigenvalue weighted by molar-refractivity contribution is 7.85. The Balaban J connectivity index is 2.45. The third-order valence-corrected chi connectivity index (χ3v) is 6.25. The van der Waals surface area contributed by atoms with Gasteiger partial charge in [-0.25, -0.2) is 9.59 Å². The van der Waals surface area contributed by atoms with Crippen molar-refractivity contribution in [2.45, 2.75) is 31.6 Å². The zero-order valence-corrected chi connectivity index (χ0v) is 19.0. The maximum atomic E-state index is 13.0. The average molecular weight is 434 g/mol. The molecule has 1 unspecified atom stereocenters. The van der Waals surface area contributed by atoms with E-state index in [1.165, 1.54) is 0 Å². The number of ether oxygens (including phenoxy) is 3. The Labute approximate surface area is 180 Å². The van der Waals surface area contributed by atoms with Crippen molar-refractivity contribution >= 4 is 64.4 Å². The molecule has 1 saturated heterocycles. The molecule has 1 aromatic carbocycles. The van der Waals surface area contributed by atoms with Crippen molar-refractivity contribution in [2.24, 2.45) is 0 Å². The van der Waals surface area contributed by atoms with Crippen LogP contribution in [0.2, 0.25) is 0 Å². The predicted octanol–water partition coefficient (Wildman–Crippen LogP) is -4.15. The molecule has 1 heterocycles. The molecule has 13 heteroatoms. The van der Waals surface area contributed by atoms with Gasteiger partial charge in [0, 0.05) is 6.42 Å². The highest BCUT2D eigenvalue weighted by atomic mass is 32.2. The van der Waals surface area contributed by atoms with E-state index < -0.39 is 40.0 Å². The second-order valence-corrected chi connectivity index (χ2v) is 9.28. The minimum Gasteiger partial charge on any atom is -0.461 e. The summed E-state index contributed by atoms with van der Waals surface area (Å²) in [7, 11) is 3.21. The third-order valence-electron chi connectivity index (χ3n) is 5.56. The molecule has 1 atom stereocenters. The predicted molar refractivity (Wildman–Crippen MR) is 123 cm³/mol. The molecule has 0 saturated carbocycles. The molecule has 0 radical (unpaired) electrons. The molecule has 1 fully saturated rings. The zero-order valence-electron chi connectivity index (χ0n) is 18.2. The van der Waals surface area contributed by atoms with E-state index in [2.05, 4.69) is 0 Å². The molecular formula is C17H26B4O8S. The molecule has 1 aromatic rings. The number of carbonyl (C=O) groups is 2. The van der Waals surface area contributed by atoms with Crippen LogP contribution in [0.1, 0.15) is 45.2 Å². The first-order valence-electron chi connectivity index (χ1n) is 10.0. The van der Waals surface area contributed by atoms with Crippen LogP contribution in [0.3, 0.4) is 0 Å². The highest BCUT2D eigenvalue weighted by Crippen LogP contribution is 2.26. The second-order valence-electron chi connectivity index (χ2n) is 7.71. The van der Waals surface area contributed by atoms with E-state index in [-0.39, 0.29) is 17.7 Å². The van der Waals surface area contributed by atoms with Gasteiger partial charge >= 0.3 is 11.9 Å². The lowest BCUT2D eigenvalue weighted by atomic mass is 9.68. The van der Waals surface area contributed by atoms with E-state index in [4.69, 9.17) is 18.8 Å². The number of rotatable bonds is 9. The zero-order chi connectivity index (χ0) is 22.7. The lowest BCUT2D eigenvalue weighted by Crippen LogP contribution is -2.46. The normalized spacial score (nSPS) is 18.5. The molecule has 2 rings (SSSR count). The van der Waals surface area contributed by atoms with E-state index >= 15 is 0 Å². The van der Waals surface area contributed by atoms with Gasteiger partial charge in [0.1, 0.15) is 56.0 Å². The minimum absolute atomic E-state index is 0.0688. The Hall–Kier alpha value is -1.71. The van der Waals surface area contributed by atoms with Gasteiger partial charge < -0.3 is 14.2 Å². The van der Waals surface area contributed by atoms with Gasteiger partial charge in [0.05, 0.1) is 17.7 Å². The number of carbonyl (C=O) groups excluding carboxylic acids is 2. The van der Waals surface area contributed by atoms with Gasteiger partial charge in [-0.2, -0.15) is 8.42 Å². The molecule has 0 spiro atoms.